The van der Waals surface area contributed by atoms with Gasteiger partial charge in [-0.25, -0.2) is 4.98 Å². The monoisotopic (exact) mass is 315 g/mol. The number of H-pyrrole nitrogens is 1. The Balaban J connectivity index is 1.99. The van der Waals surface area contributed by atoms with Gasteiger partial charge in [-0.3, -0.25) is 5.10 Å². The fourth-order valence-electron chi connectivity index (χ4n) is 2.14. The average molecular weight is 316 g/mol. The molecule has 3 aromatic rings. The summed E-state index contributed by atoms with van der Waals surface area (Å²) in [6.07, 6.45) is 0. The van der Waals surface area contributed by atoms with Crippen LogP contribution in [-0.4, -0.2) is 29.4 Å². The van der Waals surface area contributed by atoms with Crippen molar-refractivity contribution in [3.8, 4) is 34.3 Å². The van der Waals surface area contributed by atoms with Crippen LogP contribution in [0.15, 0.2) is 42.5 Å². The summed E-state index contributed by atoms with van der Waals surface area (Å²) in [6.45, 7) is 0. The molecule has 22 heavy (non-hydrogen) atoms. The summed E-state index contributed by atoms with van der Waals surface area (Å²) in [5.41, 5.74) is 1.63. The summed E-state index contributed by atoms with van der Waals surface area (Å²) in [5, 5.41) is 7.78. The summed E-state index contributed by atoms with van der Waals surface area (Å²) in [6, 6.07) is 13.0. The van der Waals surface area contributed by atoms with Gasteiger partial charge in [-0.05, 0) is 30.3 Å². The first-order valence-corrected chi connectivity index (χ1v) is 7.00. The van der Waals surface area contributed by atoms with E-state index in [0.29, 0.717) is 28.2 Å². The van der Waals surface area contributed by atoms with Crippen molar-refractivity contribution >= 4 is 11.6 Å². The summed E-state index contributed by atoms with van der Waals surface area (Å²) >= 11 is 6.18. The summed E-state index contributed by atoms with van der Waals surface area (Å²) < 4.78 is 10.5. The molecule has 3 rings (SSSR count). The molecule has 112 valence electrons. The van der Waals surface area contributed by atoms with Gasteiger partial charge >= 0.3 is 0 Å². The Hall–Kier alpha value is -2.53. The van der Waals surface area contributed by atoms with Gasteiger partial charge in [0, 0.05) is 11.1 Å². The van der Waals surface area contributed by atoms with Crippen LogP contribution in [0.25, 0.3) is 22.8 Å². The molecule has 0 atom stereocenters. The average Bonchev–Trinajstić information content (AvgIpc) is 3.04. The highest BCUT2D eigenvalue weighted by atomic mass is 35.5. The van der Waals surface area contributed by atoms with Crippen molar-refractivity contribution in [1.29, 1.82) is 0 Å². The molecule has 5 nitrogen and oxygen atoms in total. The van der Waals surface area contributed by atoms with Crippen molar-refractivity contribution in [2.24, 2.45) is 0 Å². The maximum absolute atomic E-state index is 6.18. The number of benzene rings is 2. The van der Waals surface area contributed by atoms with Gasteiger partial charge in [-0.2, -0.15) is 5.10 Å². The number of rotatable bonds is 4. The first-order chi connectivity index (χ1) is 10.7. The van der Waals surface area contributed by atoms with Gasteiger partial charge in [0.2, 0.25) is 0 Å². The van der Waals surface area contributed by atoms with Gasteiger partial charge in [0.25, 0.3) is 0 Å². The van der Waals surface area contributed by atoms with Crippen LogP contribution in [0.1, 0.15) is 0 Å². The lowest BCUT2D eigenvalue weighted by Gasteiger charge is -2.07. The van der Waals surface area contributed by atoms with Gasteiger partial charge in [-0.15, -0.1) is 0 Å². The molecule has 0 aliphatic heterocycles. The molecule has 0 amide bonds. The first-order valence-electron chi connectivity index (χ1n) is 6.62. The Morgan fingerprint density at radius 2 is 1.77 bits per heavy atom. The van der Waals surface area contributed by atoms with Gasteiger partial charge in [0.1, 0.15) is 0 Å². The van der Waals surface area contributed by atoms with Crippen LogP contribution in [0, 0.1) is 0 Å². The molecule has 2 aromatic carbocycles. The Bertz CT molecular complexity index is 802. The van der Waals surface area contributed by atoms with E-state index in [9.17, 15) is 0 Å². The Morgan fingerprint density at radius 1 is 1.00 bits per heavy atom. The van der Waals surface area contributed by atoms with Gasteiger partial charge < -0.3 is 9.47 Å². The van der Waals surface area contributed by atoms with Crippen LogP contribution < -0.4 is 9.47 Å². The molecule has 0 spiro atoms. The molecule has 0 aliphatic carbocycles. The topological polar surface area (TPSA) is 60.0 Å². The minimum absolute atomic E-state index is 0.566. The molecule has 0 unspecified atom stereocenters. The van der Waals surface area contributed by atoms with Crippen LogP contribution in [0.4, 0.5) is 0 Å². The molecule has 1 N–H and O–H groups in total. The van der Waals surface area contributed by atoms with E-state index in [0.717, 1.165) is 11.1 Å². The number of aromatic amines is 1. The second-order valence-electron chi connectivity index (χ2n) is 4.56. The quantitative estimate of drug-likeness (QED) is 0.795. The van der Waals surface area contributed by atoms with E-state index in [1.165, 1.54) is 0 Å². The normalized spacial score (nSPS) is 10.5. The molecule has 0 saturated heterocycles. The zero-order chi connectivity index (χ0) is 15.5. The van der Waals surface area contributed by atoms with E-state index in [4.69, 9.17) is 21.1 Å². The van der Waals surface area contributed by atoms with Crippen molar-refractivity contribution in [2.75, 3.05) is 14.2 Å². The molecule has 0 bridgehead atoms. The predicted octanol–water partition coefficient (Wildman–Crippen LogP) is 3.81. The minimum Gasteiger partial charge on any atom is -0.493 e. The van der Waals surface area contributed by atoms with Crippen LogP contribution in [0.2, 0.25) is 5.02 Å². The molecular weight excluding hydrogens is 302 g/mol. The molecule has 0 saturated carbocycles. The van der Waals surface area contributed by atoms with Crippen molar-refractivity contribution in [3.63, 3.8) is 0 Å². The lowest BCUT2D eigenvalue weighted by Crippen LogP contribution is -1.91. The van der Waals surface area contributed by atoms with Crippen molar-refractivity contribution in [2.45, 2.75) is 0 Å². The van der Waals surface area contributed by atoms with Gasteiger partial charge in [0.05, 0.1) is 19.2 Å². The smallest absolute Gasteiger partial charge is 0.181 e. The third-order valence-electron chi connectivity index (χ3n) is 3.26. The van der Waals surface area contributed by atoms with Crippen LogP contribution in [0.3, 0.4) is 0 Å². The second-order valence-corrected chi connectivity index (χ2v) is 4.96. The molecule has 0 fully saturated rings. The molecule has 0 radical (unpaired) electrons. The minimum atomic E-state index is 0.566. The van der Waals surface area contributed by atoms with Crippen LogP contribution >= 0.6 is 11.6 Å². The summed E-state index contributed by atoms with van der Waals surface area (Å²) in [4.78, 5) is 4.49. The number of nitrogens with zero attached hydrogens (tertiary/aromatic N) is 2. The van der Waals surface area contributed by atoms with Crippen molar-refractivity contribution < 1.29 is 9.47 Å². The van der Waals surface area contributed by atoms with Gasteiger partial charge in [0.15, 0.2) is 23.1 Å². The number of methoxy groups -OCH3 is 2. The van der Waals surface area contributed by atoms with Crippen LogP contribution in [0.5, 0.6) is 11.5 Å². The highest BCUT2D eigenvalue weighted by Crippen LogP contribution is 2.32. The lowest BCUT2D eigenvalue weighted by molar-refractivity contribution is 0.355. The highest BCUT2D eigenvalue weighted by molar-refractivity contribution is 6.33. The van der Waals surface area contributed by atoms with E-state index in [2.05, 4.69) is 15.2 Å². The van der Waals surface area contributed by atoms with Crippen LogP contribution in [-0.2, 0) is 0 Å². The zero-order valence-corrected chi connectivity index (χ0v) is 12.9. The first kappa shape index (κ1) is 14.4. The lowest BCUT2D eigenvalue weighted by atomic mass is 10.2. The van der Waals surface area contributed by atoms with Crippen molar-refractivity contribution in [3.05, 3.63) is 47.5 Å². The Labute approximate surface area is 132 Å². The summed E-state index contributed by atoms with van der Waals surface area (Å²) in [5.74, 6) is 2.48. The molecule has 0 aliphatic rings. The highest BCUT2D eigenvalue weighted by Gasteiger charge is 2.12. The number of nitrogens with one attached hydrogen (secondary N) is 1. The molecule has 6 heteroatoms. The maximum Gasteiger partial charge on any atom is 0.181 e. The SMILES string of the molecule is COc1ccc(-c2n[nH]c(-c3ccccc3Cl)n2)cc1OC. The summed E-state index contributed by atoms with van der Waals surface area (Å²) in [7, 11) is 3.19. The maximum atomic E-state index is 6.18. The van der Waals surface area contributed by atoms with E-state index < -0.39 is 0 Å². The number of hydrogen-bond donors (Lipinski definition) is 1. The number of halogens is 1. The van der Waals surface area contributed by atoms with E-state index in [1.54, 1.807) is 14.2 Å². The van der Waals surface area contributed by atoms with E-state index in [1.807, 2.05) is 42.5 Å². The second kappa shape index (κ2) is 6.07. The Kier molecular flexibility index (Phi) is 3.98. The third-order valence-corrected chi connectivity index (χ3v) is 3.59. The number of ether oxygens (including phenoxy) is 2. The molecular formula is C16H14ClN3O2. The molecule has 1 aromatic heterocycles. The Morgan fingerprint density at radius 3 is 2.50 bits per heavy atom. The van der Waals surface area contributed by atoms with Gasteiger partial charge in [-0.1, -0.05) is 23.7 Å². The van der Waals surface area contributed by atoms with E-state index in [-0.39, 0.29) is 0 Å². The standard InChI is InChI=1S/C16H14ClN3O2/c1-21-13-8-7-10(9-14(13)22-2)15-18-16(20-19-15)11-5-3-4-6-12(11)17/h3-9H,1-2H3,(H,18,19,20). The third kappa shape index (κ3) is 2.63. The number of aromatic nitrogens is 3. The molecule has 1 heterocycles. The fraction of sp³-hybridized carbons (Fsp3) is 0.125. The largest absolute Gasteiger partial charge is 0.493 e. The van der Waals surface area contributed by atoms with Crippen molar-refractivity contribution in [1.82, 2.24) is 15.2 Å². The van der Waals surface area contributed by atoms with E-state index >= 15 is 0 Å². The predicted molar refractivity (Wildman–Crippen MR) is 85.4 cm³/mol. The fourth-order valence-corrected chi connectivity index (χ4v) is 2.37. The number of hydrogen-bond acceptors (Lipinski definition) is 4. The zero-order valence-electron chi connectivity index (χ0n) is 12.1.